The Hall–Kier alpha value is -2.33. The predicted octanol–water partition coefficient (Wildman–Crippen LogP) is 3.37. The van der Waals surface area contributed by atoms with Crippen molar-refractivity contribution in [3.8, 4) is 5.75 Å². The van der Waals surface area contributed by atoms with Gasteiger partial charge in [-0.25, -0.2) is 0 Å². The number of hydrogen-bond donors (Lipinski definition) is 1. The smallest absolute Gasteiger partial charge is 0.228 e. The standard InChI is InChI=1S/C20H24N2O2/c1-24-19-11-9-18(10-12-19)22(15-16-6-3-2-4-7-16)20(23)14-17-8-5-13-21-17/h2-4,6-7,9-12,17,21H,5,8,13-15H2,1H3. The number of carbonyl (C=O) groups is 1. The molecule has 2 aromatic rings. The van der Waals surface area contributed by atoms with Gasteiger partial charge in [0.2, 0.25) is 5.91 Å². The van der Waals surface area contributed by atoms with Crippen LogP contribution in [0.4, 0.5) is 5.69 Å². The Morgan fingerprint density at radius 1 is 1.17 bits per heavy atom. The SMILES string of the molecule is COc1ccc(N(Cc2ccccc2)C(=O)CC2CCCN2)cc1. The Balaban J connectivity index is 1.79. The second kappa shape index (κ2) is 7.97. The number of benzene rings is 2. The van der Waals surface area contributed by atoms with Gasteiger partial charge in [0.15, 0.2) is 0 Å². The van der Waals surface area contributed by atoms with E-state index in [1.54, 1.807) is 7.11 Å². The quantitative estimate of drug-likeness (QED) is 0.886. The molecule has 1 amide bonds. The molecule has 1 aliphatic rings. The zero-order chi connectivity index (χ0) is 16.8. The lowest BCUT2D eigenvalue weighted by atomic mass is 10.1. The number of anilines is 1. The van der Waals surface area contributed by atoms with Crippen molar-refractivity contribution >= 4 is 11.6 Å². The summed E-state index contributed by atoms with van der Waals surface area (Å²) in [5, 5.41) is 3.41. The second-order valence-electron chi connectivity index (χ2n) is 6.16. The lowest BCUT2D eigenvalue weighted by Crippen LogP contribution is -2.35. The van der Waals surface area contributed by atoms with E-state index in [0.717, 1.165) is 36.4 Å². The van der Waals surface area contributed by atoms with Crippen molar-refractivity contribution in [2.75, 3.05) is 18.6 Å². The van der Waals surface area contributed by atoms with Crippen molar-refractivity contribution in [2.24, 2.45) is 0 Å². The molecule has 1 aliphatic heterocycles. The van der Waals surface area contributed by atoms with Gasteiger partial charge in [-0.05, 0) is 49.2 Å². The number of amides is 1. The van der Waals surface area contributed by atoms with Crippen LogP contribution in [0.25, 0.3) is 0 Å². The van der Waals surface area contributed by atoms with Gasteiger partial charge in [-0.1, -0.05) is 30.3 Å². The van der Waals surface area contributed by atoms with Gasteiger partial charge in [0.1, 0.15) is 5.75 Å². The second-order valence-corrected chi connectivity index (χ2v) is 6.16. The summed E-state index contributed by atoms with van der Waals surface area (Å²) in [6.07, 6.45) is 2.77. The first-order chi connectivity index (χ1) is 11.8. The number of hydrogen-bond acceptors (Lipinski definition) is 3. The third-order valence-corrected chi connectivity index (χ3v) is 4.45. The summed E-state index contributed by atoms with van der Waals surface area (Å²) in [4.78, 5) is 14.8. The minimum Gasteiger partial charge on any atom is -0.497 e. The molecule has 24 heavy (non-hydrogen) atoms. The number of ether oxygens (including phenoxy) is 1. The van der Waals surface area contributed by atoms with Gasteiger partial charge in [0, 0.05) is 18.2 Å². The van der Waals surface area contributed by atoms with Gasteiger partial charge in [-0.2, -0.15) is 0 Å². The average Bonchev–Trinajstić information content (AvgIpc) is 3.13. The molecule has 0 spiro atoms. The maximum atomic E-state index is 12.9. The van der Waals surface area contributed by atoms with Gasteiger partial charge < -0.3 is 15.0 Å². The van der Waals surface area contributed by atoms with Crippen LogP contribution in [-0.4, -0.2) is 25.6 Å². The van der Waals surface area contributed by atoms with E-state index >= 15 is 0 Å². The minimum atomic E-state index is 0.156. The van der Waals surface area contributed by atoms with Crippen LogP contribution in [-0.2, 0) is 11.3 Å². The van der Waals surface area contributed by atoms with E-state index < -0.39 is 0 Å². The van der Waals surface area contributed by atoms with Crippen LogP contribution in [0.2, 0.25) is 0 Å². The fourth-order valence-corrected chi connectivity index (χ4v) is 3.10. The molecule has 1 fully saturated rings. The van der Waals surface area contributed by atoms with Gasteiger partial charge in [-0.3, -0.25) is 4.79 Å². The Morgan fingerprint density at radius 3 is 2.54 bits per heavy atom. The summed E-state index contributed by atoms with van der Waals surface area (Å²) in [5.41, 5.74) is 2.03. The fourth-order valence-electron chi connectivity index (χ4n) is 3.10. The van der Waals surface area contributed by atoms with Crippen LogP contribution in [0.5, 0.6) is 5.75 Å². The third kappa shape index (κ3) is 4.15. The topological polar surface area (TPSA) is 41.6 Å². The van der Waals surface area contributed by atoms with Crippen LogP contribution < -0.4 is 15.0 Å². The van der Waals surface area contributed by atoms with Crippen molar-refractivity contribution in [3.05, 3.63) is 60.2 Å². The summed E-state index contributed by atoms with van der Waals surface area (Å²) < 4.78 is 5.22. The normalized spacial score (nSPS) is 16.8. The molecular formula is C20H24N2O2. The van der Waals surface area contributed by atoms with Gasteiger partial charge in [0.05, 0.1) is 13.7 Å². The number of methoxy groups -OCH3 is 1. The Labute approximate surface area is 143 Å². The van der Waals surface area contributed by atoms with Crippen molar-refractivity contribution in [1.82, 2.24) is 5.32 Å². The molecule has 0 aliphatic carbocycles. The van der Waals surface area contributed by atoms with Crippen molar-refractivity contribution < 1.29 is 9.53 Å². The third-order valence-electron chi connectivity index (χ3n) is 4.45. The average molecular weight is 324 g/mol. The number of rotatable bonds is 6. The van der Waals surface area contributed by atoms with Crippen molar-refractivity contribution in [2.45, 2.75) is 31.8 Å². The predicted molar refractivity (Wildman–Crippen MR) is 96.3 cm³/mol. The minimum absolute atomic E-state index is 0.156. The van der Waals surface area contributed by atoms with E-state index in [0.29, 0.717) is 19.0 Å². The highest BCUT2D eigenvalue weighted by atomic mass is 16.5. The fraction of sp³-hybridized carbons (Fsp3) is 0.350. The van der Waals surface area contributed by atoms with Crippen LogP contribution in [0.15, 0.2) is 54.6 Å². The first kappa shape index (κ1) is 16.5. The summed E-state index contributed by atoms with van der Waals surface area (Å²) in [5.74, 6) is 0.951. The molecule has 1 heterocycles. The van der Waals surface area contributed by atoms with Gasteiger partial charge >= 0.3 is 0 Å². The maximum absolute atomic E-state index is 12.9. The first-order valence-electron chi connectivity index (χ1n) is 8.48. The van der Waals surface area contributed by atoms with E-state index in [-0.39, 0.29) is 5.91 Å². The highest BCUT2D eigenvalue weighted by molar-refractivity contribution is 5.93. The maximum Gasteiger partial charge on any atom is 0.228 e. The van der Waals surface area contributed by atoms with E-state index in [2.05, 4.69) is 17.4 Å². The number of nitrogens with one attached hydrogen (secondary N) is 1. The molecule has 2 aromatic carbocycles. The molecule has 1 unspecified atom stereocenters. The van der Waals surface area contributed by atoms with Crippen LogP contribution >= 0.6 is 0 Å². The van der Waals surface area contributed by atoms with Crippen molar-refractivity contribution in [1.29, 1.82) is 0 Å². The lowest BCUT2D eigenvalue weighted by molar-refractivity contribution is -0.119. The van der Waals surface area contributed by atoms with E-state index in [9.17, 15) is 4.79 Å². The zero-order valence-corrected chi connectivity index (χ0v) is 14.1. The molecule has 4 nitrogen and oxygen atoms in total. The summed E-state index contributed by atoms with van der Waals surface area (Å²) >= 11 is 0. The molecule has 0 bridgehead atoms. The summed E-state index contributed by atoms with van der Waals surface area (Å²) in [6, 6.07) is 18.1. The van der Waals surface area contributed by atoms with Gasteiger partial charge in [-0.15, -0.1) is 0 Å². The molecular weight excluding hydrogens is 300 g/mol. The highest BCUT2D eigenvalue weighted by Crippen LogP contribution is 2.23. The van der Waals surface area contributed by atoms with Gasteiger partial charge in [0.25, 0.3) is 0 Å². The molecule has 4 heteroatoms. The molecule has 1 atom stereocenters. The number of carbonyl (C=O) groups excluding carboxylic acids is 1. The van der Waals surface area contributed by atoms with Crippen LogP contribution in [0, 0.1) is 0 Å². The zero-order valence-electron chi connectivity index (χ0n) is 14.1. The Morgan fingerprint density at radius 2 is 1.92 bits per heavy atom. The first-order valence-corrected chi connectivity index (χ1v) is 8.48. The summed E-state index contributed by atoms with van der Waals surface area (Å²) in [7, 11) is 1.65. The van der Waals surface area contributed by atoms with E-state index in [1.807, 2.05) is 47.4 Å². The largest absolute Gasteiger partial charge is 0.497 e. The Bertz CT molecular complexity index is 649. The number of nitrogens with zero attached hydrogens (tertiary/aromatic N) is 1. The molecule has 0 saturated carbocycles. The molecule has 0 aromatic heterocycles. The van der Waals surface area contributed by atoms with Crippen LogP contribution in [0.3, 0.4) is 0 Å². The molecule has 0 radical (unpaired) electrons. The molecule has 1 saturated heterocycles. The molecule has 1 N–H and O–H groups in total. The highest BCUT2D eigenvalue weighted by Gasteiger charge is 2.23. The molecule has 126 valence electrons. The van der Waals surface area contributed by atoms with Crippen molar-refractivity contribution in [3.63, 3.8) is 0 Å². The van der Waals surface area contributed by atoms with E-state index in [4.69, 9.17) is 4.74 Å². The van der Waals surface area contributed by atoms with E-state index in [1.165, 1.54) is 0 Å². The Kier molecular flexibility index (Phi) is 5.49. The van der Waals surface area contributed by atoms with Crippen LogP contribution in [0.1, 0.15) is 24.8 Å². The monoisotopic (exact) mass is 324 g/mol. The summed E-state index contributed by atoms with van der Waals surface area (Å²) in [6.45, 7) is 1.60. The lowest BCUT2D eigenvalue weighted by Gasteiger charge is -2.25. The molecule has 3 rings (SSSR count).